The van der Waals surface area contributed by atoms with Crippen molar-refractivity contribution in [2.45, 2.75) is 68.8 Å². The van der Waals surface area contributed by atoms with E-state index in [9.17, 15) is 14.7 Å². The number of nitrogens with zero attached hydrogens (tertiary/aromatic N) is 2. The number of hydrogen-bond donors (Lipinski definition) is 1. The van der Waals surface area contributed by atoms with Crippen LogP contribution in [0.15, 0.2) is 39.8 Å². The summed E-state index contributed by atoms with van der Waals surface area (Å²) in [5.41, 5.74) is -2.47. The van der Waals surface area contributed by atoms with E-state index < -0.39 is 54.4 Å². The van der Waals surface area contributed by atoms with Crippen LogP contribution in [0.3, 0.4) is 0 Å². The highest BCUT2D eigenvalue weighted by molar-refractivity contribution is 9.10. The summed E-state index contributed by atoms with van der Waals surface area (Å²) in [6.45, 7) is 11.0. The summed E-state index contributed by atoms with van der Waals surface area (Å²) in [7, 11) is -1.41. The molecule has 3 rings (SSSR count). The van der Waals surface area contributed by atoms with Gasteiger partial charge in [-0.3, -0.25) is 0 Å². The number of amidine groups is 1. The zero-order chi connectivity index (χ0) is 28.5. The molecule has 1 heterocycles. The maximum Gasteiger partial charge on any atom is 0.418 e. The molecule has 1 saturated carbocycles. The number of carbonyl (C=O) groups is 2. The number of ether oxygens (including phenoxy) is 2. The number of amides is 1. The van der Waals surface area contributed by atoms with Crippen molar-refractivity contribution >= 4 is 53.0 Å². The molecule has 0 spiro atoms. The van der Waals surface area contributed by atoms with Gasteiger partial charge in [0.05, 0.1) is 0 Å². The van der Waals surface area contributed by atoms with E-state index in [-0.39, 0.29) is 17.5 Å². The number of carbonyl (C=O) groups excluding carboxylic acids is 1. The number of rotatable bonds is 9. The molecule has 3 atom stereocenters. The van der Waals surface area contributed by atoms with Crippen LogP contribution in [0, 0.1) is 11.7 Å². The Bertz CT molecular complexity index is 1140. The summed E-state index contributed by atoms with van der Waals surface area (Å²) in [5, 5.41) is 9.38. The predicted octanol–water partition coefficient (Wildman–Crippen LogP) is 6.80. The third kappa shape index (κ3) is 7.25. The smallest absolute Gasteiger partial charge is 0.418 e. The summed E-state index contributed by atoms with van der Waals surface area (Å²) in [6.07, 6.45) is 2.09. The Morgan fingerprint density at radius 1 is 1.34 bits per heavy atom. The summed E-state index contributed by atoms with van der Waals surface area (Å²) in [6, 6.07) is 5.09. The molecule has 12 heteroatoms. The van der Waals surface area contributed by atoms with Crippen molar-refractivity contribution in [1.29, 1.82) is 0 Å². The van der Waals surface area contributed by atoms with Gasteiger partial charge < -0.3 is 14.6 Å². The largest absolute Gasteiger partial charge is 0.478 e. The van der Waals surface area contributed by atoms with E-state index in [1.54, 1.807) is 20.8 Å². The fourth-order valence-corrected chi connectivity index (χ4v) is 6.87. The van der Waals surface area contributed by atoms with Gasteiger partial charge in [-0.2, -0.15) is 0 Å². The van der Waals surface area contributed by atoms with Gasteiger partial charge >= 0.3 is 12.1 Å². The molecule has 0 unspecified atom stereocenters. The average Bonchev–Trinajstić information content (AvgIpc) is 3.52. The minimum absolute atomic E-state index is 0.0339. The van der Waals surface area contributed by atoms with Crippen molar-refractivity contribution in [3.63, 3.8) is 0 Å². The first-order valence-corrected chi connectivity index (χ1v) is 17.6. The molecule has 1 aliphatic heterocycles. The molecule has 1 aromatic rings. The lowest BCUT2D eigenvalue weighted by Gasteiger charge is -2.38. The van der Waals surface area contributed by atoms with E-state index in [4.69, 9.17) is 14.5 Å². The second kappa shape index (κ2) is 11.4. The maximum absolute atomic E-state index is 15.2. The van der Waals surface area contributed by atoms with Crippen molar-refractivity contribution in [3.8, 4) is 0 Å². The predicted molar refractivity (Wildman–Crippen MR) is 151 cm³/mol. The molecule has 0 bridgehead atoms. The third-order valence-corrected chi connectivity index (χ3v) is 9.93. The summed E-state index contributed by atoms with van der Waals surface area (Å²) in [5.74, 6) is -2.33. The normalized spacial score (nSPS) is 25.1. The maximum atomic E-state index is 15.2. The van der Waals surface area contributed by atoms with Gasteiger partial charge in [0, 0.05) is 41.5 Å². The van der Waals surface area contributed by atoms with Crippen molar-refractivity contribution < 1.29 is 33.0 Å². The molecular formula is C26H35BrF2N2O5SSi. The highest BCUT2D eigenvalue weighted by Gasteiger charge is 2.68. The molecule has 1 N–H and O–H groups in total. The first-order chi connectivity index (χ1) is 17.5. The Labute approximate surface area is 236 Å². The summed E-state index contributed by atoms with van der Waals surface area (Å²) < 4.78 is 41.4. The molecule has 0 aromatic heterocycles. The Balaban J connectivity index is 2.10. The van der Waals surface area contributed by atoms with E-state index >= 15 is 8.78 Å². The van der Waals surface area contributed by atoms with E-state index in [2.05, 4.69) is 35.6 Å². The molecule has 38 heavy (non-hydrogen) atoms. The van der Waals surface area contributed by atoms with Crippen LogP contribution in [0.4, 0.5) is 13.6 Å². The van der Waals surface area contributed by atoms with Gasteiger partial charge in [0.15, 0.2) is 5.17 Å². The molecule has 2 aliphatic rings. The standard InChI is InChI=1S/C26H35BrF2N2O5SSi/c1-24(2,3)36-23(34)31(16-35-11-12-38(4,5)6)22-30-26(15-28,18-13-17(27)7-8-19(18)29)20-14-25(20,37-22)10-9-21(32)33/h7-10,13,20H,11-12,14-16H2,1-6H3,(H,32,33)/b10-9+/t20-,25+,26-/m1/s1. The van der Waals surface area contributed by atoms with Crippen LogP contribution in [0.25, 0.3) is 0 Å². The number of hydrogen-bond acceptors (Lipinski definition) is 6. The Morgan fingerprint density at radius 3 is 2.61 bits per heavy atom. The monoisotopic (exact) mass is 632 g/mol. The van der Waals surface area contributed by atoms with E-state index in [1.807, 2.05) is 0 Å². The van der Waals surface area contributed by atoms with E-state index in [0.29, 0.717) is 17.5 Å². The van der Waals surface area contributed by atoms with E-state index in [0.717, 1.165) is 23.9 Å². The highest BCUT2D eigenvalue weighted by Crippen LogP contribution is 2.67. The fraction of sp³-hybridized carbons (Fsp3) is 0.577. The number of aliphatic imine (C=N–C) groups is 1. The number of alkyl halides is 1. The topological polar surface area (TPSA) is 88.4 Å². The number of halogens is 3. The SMILES string of the molecule is CC(C)(C)OC(=O)N(COCC[Si](C)(C)C)C1=N[C@](CF)(c2cc(Br)ccc2F)[C@@H]2C[C@]2(/C=C/C(=O)O)S1. The first kappa shape index (κ1) is 30.8. The van der Waals surface area contributed by atoms with Crippen LogP contribution in [0.5, 0.6) is 0 Å². The van der Waals surface area contributed by atoms with Gasteiger partial charge in [0.25, 0.3) is 0 Å². The second-order valence-corrected chi connectivity index (χ2v) is 19.7. The summed E-state index contributed by atoms with van der Waals surface area (Å²) >= 11 is 4.49. The van der Waals surface area contributed by atoms with Gasteiger partial charge in [0.2, 0.25) is 0 Å². The number of benzene rings is 1. The van der Waals surface area contributed by atoms with Crippen molar-refractivity contribution in [3.05, 3.63) is 46.2 Å². The van der Waals surface area contributed by atoms with Crippen molar-refractivity contribution in [2.75, 3.05) is 20.0 Å². The molecule has 1 aromatic carbocycles. The van der Waals surface area contributed by atoms with Gasteiger partial charge in [0.1, 0.15) is 30.4 Å². The molecule has 0 saturated heterocycles. The molecule has 1 fully saturated rings. The molecule has 7 nitrogen and oxygen atoms in total. The van der Waals surface area contributed by atoms with Gasteiger partial charge in [-0.1, -0.05) is 53.4 Å². The Kier molecular flexibility index (Phi) is 9.22. The Morgan fingerprint density at radius 2 is 2.03 bits per heavy atom. The Hall–Kier alpha value is -1.76. The number of aliphatic carboxylic acids is 1. The lowest BCUT2D eigenvalue weighted by Crippen LogP contribution is -2.46. The van der Waals surface area contributed by atoms with Gasteiger partial charge in [-0.05, 0) is 51.4 Å². The lowest BCUT2D eigenvalue weighted by atomic mass is 9.85. The summed E-state index contributed by atoms with van der Waals surface area (Å²) in [4.78, 5) is 30.6. The minimum Gasteiger partial charge on any atom is -0.478 e. The number of carboxylic acids is 1. The van der Waals surface area contributed by atoms with Crippen LogP contribution in [-0.2, 0) is 19.8 Å². The zero-order valence-corrected chi connectivity index (χ0v) is 25.9. The molecule has 1 aliphatic carbocycles. The van der Waals surface area contributed by atoms with Crippen LogP contribution < -0.4 is 0 Å². The fourth-order valence-electron chi connectivity index (χ4n) is 4.24. The van der Waals surface area contributed by atoms with Crippen molar-refractivity contribution in [2.24, 2.45) is 10.9 Å². The van der Waals surface area contributed by atoms with Crippen LogP contribution >= 0.6 is 27.7 Å². The second-order valence-electron chi connectivity index (χ2n) is 11.8. The highest BCUT2D eigenvalue weighted by atomic mass is 79.9. The number of thioether (sulfide) groups is 1. The van der Waals surface area contributed by atoms with Gasteiger partial charge in [-0.15, -0.1) is 0 Å². The lowest BCUT2D eigenvalue weighted by molar-refractivity contribution is -0.131. The molecule has 210 valence electrons. The quantitative estimate of drug-likeness (QED) is 0.139. The molecule has 1 amide bonds. The minimum atomic E-state index is -1.67. The van der Waals surface area contributed by atoms with Crippen LogP contribution in [0.1, 0.15) is 32.8 Å². The van der Waals surface area contributed by atoms with Gasteiger partial charge in [-0.25, -0.2) is 28.3 Å². The zero-order valence-electron chi connectivity index (χ0n) is 22.5. The van der Waals surface area contributed by atoms with E-state index in [1.165, 1.54) is 29.2 Å². The average molecular weight is 634 g/mol. The number of fused-ring (bicyclic) bond motifs is 1. The van der Waals surface area contributed by atoms with Crippen molar-refractivity contribution in [1.82, 2.24) is 4.90 Å². The van der Waals surface area contributed by atoms with Crippen LogP contribution in [0.2, 0.25) is 25.7 Å². The molecule has 0 radical (unpaired) electrons. The van der Waals surface area contributed by atoms with Crippen LogP contribution in [-0.4, -0.2) is 65.7 Å². The number of carboxylic acid groups (broad SMARTS) is 1. The first-order valence-electron chi connectivity index (χ1n) is 12.3. The molecular weight excluding hydrogens is 598 g/mol. The third-order valence-electron chi connectivity index (χ3n) is 6.27.